The second-order valence-electron chi connectivity index (χ2n) is 7.92. The maximum atomic E-state index is 10.5. The van der Waals surface area contributed by atoms with Gasteiger partial charge in [-0.05, 0) is 17.5 Å². The van der Waals surface area contributed by atoms with Gasteiger partial charge in [0.1, 0.15) is 0 Å². The Balaban J connectivity index is 0.000000328. The standard InChI is InChI=1S/C13H11N.C12H28N2O3S/c14-13(11-7-3-1-4-8-11)12-9-5-2-6-10-12;1-2-3-4-5-6-7-8-9-10-11-12(13)14-18(15,16)17/h1-10,14H;12,14H,2-11,13H2,1H3,(H,15,16,17). The molecule has 7 heteroatoms. The molecule has 0 fully saturated rings. The number of nitrogens with one attached hydrogen (secondary N) is 2. The zero-order chi connectivity index (χ0) is 23.7. The Labute approximate surface area is 194 Å². The molecule has 1 unspecified atom stereocenters. The van der Waals surface area contributed by atoms with Crippen molar-refractivity contribution in [2.24, 2.45) is 5.73 Å². The van der Waals surface area contributed by atoms with Crippen LogP contribution in [0.4, 0.5) is 0 Å². The monoisotopic (exact) mass is 461 g/mol. The minimum atomic E-state index is -4.16. The molecule has 0 saturated heterocycles. The normalized spacial score (nSPS) is 12.0. The molecule has 0 amide bonds. The first-order valence-electron chi connectivity index (χ1n) is 11.5. The molecule has 178 valence electrons. The van der Waals surface area contributed by atoms with Gasteiger partial charge in [0.05, 0.1) is 11.9 Å². The molecule has 2 aromatic carbocycles. The van der Waals surface area contributed by atoms with Gasteiger partial charge in [-0.3, -0.25) is 9.96 Å². The molecule has 0 aliphatic heterocycles. The maximum Gasteiger partial charge on any atom is 0.334 e. The smallest absolute Gasteiger partial charge is 0.315 e. The fourth-order valence-electron chi connectivity index (χ4n) is 3.30. The average Bonchev–Trinajstić information content (AvgIpc) is 2.78. The van der Waals surface area contributed by atoms with Crippen LogP contribution in [0.3, 0.4) is 0 Å². The molecule has 0 radical (unpaired) electrons. The van der Waals surface area contributed by atoms with E-state index in [0.29, 0.717) is 12.1 Å². The summed E-state index contributed by atoms with van der Waals surface area (Å²) in [7, 11) is -4.16. The van der Waals surface area contributed by atoms with Crippen LogP contribution in [0.2, 0.25) is 0 Å². The number of hydrogen-bond acceptors (Lipinski definition) is 4. The number of hydrogen-bond donors (Lipinski definition) is 4. The summed E-state index contributed by atoms with van der Waals surface area (Å²) in [5, 5.41) is 7.97. The molecule has 0 aromatic heterocycles. The van der Waals surface area contributed by atoms with E-state index in [2.05, 4.69) is 6.92 Å². The fourth-order valence-corrected chi connectivity index (χ4v) is 3.80. The first-order valence-corrected chi connectivity index (χ1v) is 13.0. The van der Waals surface area contributed by atoms with E-state index in [1.54, 1.807) is 0 Å². The Morgan fingerprint density at radius 3 is 1.66 bits per heavy atom. The Bertz CT molecular complexity index is 802. The highest BCUT2D eigenvalue weighted by atomic mass is 32.2. The second-order valence-corrected chi connectivity index (χ2v) is 9.11. The largest absolute Gasteiger partial charge is 0.334 e. The highest BCUT2D eigenvalue weighted by molar-refractivity contribution is 7.83. The van der Waals surface area contributed by atoms with Gasteiger partial charge in [-0.2, -0.15) is 13.1 Å². The summed E-state index contributed by atoms with van der Waals surface area (Å²) in [6.45, 7) is 2.21. The van der Waals surface area contributed by atoms with Crippen LogP contribution in [0, 0.1) is 5.41 Å². The van der Waals surface area contributed by atoms with Crippen molar-refractivity contribution in [2.45, 2.75) is 77.3 Å². The van der Waals surface area contributed by atoms with Crippen molar-refractivity contribution in [3.63, 3.8) is 0 Å². The number of benzene rings is 2. The summed E-state index contributed by atoms with van der Waals surface area (Å²) in [5.41, 5.74) is 7.99. The van der Waals surface area contributed by atoms with Crippen LogP contribution >= 0.6 is 0 Å². The zero-order valence-corrected chi connectivity index (χ0v) is 20.0. The molecule has 0 aliphatic carbocycles. The third kappa shape index (κ3) is 14.1. The predicted molar refractivity (Wildman–Crippen MR) is 133 cm³/mol. The Kier molecular flexibility index (Phi) is 14.5. The minimum Gasteiger partial charge on any atom is -0.315 e. The highest BCUT2D eigenvalue weighted by Gasteiger charge is 2.09. The lowest BCUT2D eigenvalue weighted by molar-refractivity contribution is 0.439. The van der Waals surface area contributed by atoms with E-state index in [9.17, 15) is 8.42 Å². The van der Waals surface area contributed by atoms with E-state index >= 15 is 0 Å². The molecule has 2 rings (SSSR count). The van der Waals surface area contributed by atoms with Crippen molar-refractivity contribution in [2.75, 3.05) is 0 Å². The van der Waals surface area contributed by atoms with Crippen LogP contribution in [0.25, 0.3) is 0 Å². The summed E-state index contributed by atoms with van der Waals surface area (Å²) >= 11 is 0. The summed E-state index contributed by atoms with van der Waals surface area (Å²) in [6, 6.07) is 19.5. The lowest BCUT2D eigenvalue weighted by Gasteiger charge is -2.10. The molecule has 0 spiro atoms. The van der Waals surface area contributed by atoms with Crippen molar-refractivity contribution in [1.29, 1.82) is 5.41 Å². The van der Waals surface area contributed by atoms with Crippen molar-refractivity contribution < 1.29 is 13.0 Å². The maximum absolute atomic E-state index is 10.5. The van der Waals surface area contributed by atoms with Crippen molar-refractivity contribution in [3.05, 3.63) is 71.8 Å². The first kappa shape index (κ1) is 28.0. The number of nitrogens with two attached hydrogens (primary N) is 1. The van der Waals surface area contributed by atoms with Crippen molar-refractivity contribution in [3.8, 4) is 0 Å². The van der Waals surface area contributed by atoms with Gasteiger partial charge in [0.15, 0.2) is 0 Å². The van der Waals surface area contributed by atoms with Gasteiger partial charge < -0.3 is 5.73 Å². The van der Waals surface area contributed by atoms with Crippen molar-refractivity contribution in [1.82, 2.24) is 4.72 Å². The van der Waals surface area contributed by atoms with Gasteiger partial charge in [0.25, 0.3) is 0 Å². The molecule has 0 bridgehead atoms. The lowest BCUT2D eigenvalue weighted by Crippen LogP contribution is -2.40. The van der Waals surface area contributed by atoms with Crippen LogP contribution < -0.4 is 10.5 Å². The van der Waals surface area contributed by atoms with Gasteiger partial charge in [-0.25, -0.2) is 0 Å². The Morgan fingerprint density at radius 1 is 0.844 bits per heavy atom. The molecular weight excluding hydrogens is 422 g/mol. The third-order valence-corrected chi connectivity index (χ3v) is 5.64. The van der Waals surface area contributed by atoms with Crippen LogP contribution in [0.1, 0.15) is 82.3 Å². The van der Waals surface area contributed by atoms with Gasteiger partial charge in [-0.15, -0.1) is 0 Å². The molecule has 1 atom stereocenters. The van der Waals surface area contributed by atoms with Gasteiger partial charge >= 0.3 is 10.3 Å². The molecule has 2 aromatic rings. The molecule has 5 N–H and O–H groups in total. The fraction of sp³-hybridized carbons (Fsp3) is 0.480. The topological polar surface area (TPSA) is 116 Å². The van der Waals surface area contributed by atoms with E-state index in [0.717, 1.165) is 24.0 Å². The Hall–Kier alpha value is -2.06. The molecule has 32 heavy (non-hydrogen) atoms. The van der Waals surface area contributed by atoms with Crippen LogP contribution in [0.15, 0.2) is 60.7 Å². The number of unbranched alkanes of at least 4 members (excludes halogenated alkanes) is 8. The Morgan fingerprint density at radius 2 is 1.25 bits per heavy atom. The highest BCUT2D eigenvalue weighted by Crippen LogP contribution is 2.11. The van der Waals surface area contributed by atoms with Gasteiger partial charge in [-0.1, -0.05) is 125 Å². The van der Waals surface area contributed by atoms with Gasteiger partial charge in [0.2, 0.25) is 0 Å². The lowest BCUT2D eigenvalue weighted by atomic mass is 10.0. The molecule has 0 aliphatic rings. The predicted octanol–water partition coefficient (Wildman–Crippen LogP) is 5.69. The molecular formula is C25H39N3O3S. The van der Waals surface area contributed by atoms with E-state index in [1.807, 2.05) is 65.4 Å². The van der Waals surface area contributed by atoms with E-state index in [1.165, 1.54) is 44.9 Å². The van der Waals surface area contributed by atoms with Crippen LogP contribution in [0.5, 0.6) is 0 Å². The summed E-state index contributed by atoms with van der Waals surface area (Å²) < 4.78 is 31.4. The quantitative estimate of drug-likeness (QED) is 0.125. The minimum absolute atomic E-state index is 0.565. The molecule has 0 heterocycles. The van der Waals surface area contributed by atoms with E-state index in [-0.39, 0.29) is 0 Å². The first-order chi connectivity index (χ1) is 15.3. The summed E-state index contributed by atoms with van der Waals surface area (Å²) in [6.07, 6.45) is 10.8. The van der Waals surface area contributed by atoms with Crippen molar-refractivity contribution >= 4 is 16.0 Å². The second kappa shape index (κ2) is 16.6. The van der Waals surface area contributed by atoms with Crippen LogP contribution in [-0.2, 0) is 10.3 Å². The zero-order valence-electron chi connectivity index (χ0n) is 19.2. The van der Waals surface area contributed by atoms with Crippen LogP contribution in [-0.4, -0.2) is 24.8 Å². The van der Waals surface area contributed by atoms with E-state index in [4.69, 9.17) is 15.7 Å². The molecule has 6 nitrogen and oxygen atoms in total. The SMILES string of the molecule is CCCCCCCCCCCC(N)NS(=O)(=O)O.N=C(c1ccccc1)c1ccccc1. The summed E-state index contributed by atoms with van der Waals surface area (Å²) in [5.74, 6) is 0. The average molecular weight is 462 g/mol. The van der Waals surface area contributed by atoms with E-state index < -0.39 is 16.5 Å². The summed E-state index contributed by atoms with van der Waals surface area (Å²) in [4.78, 5) is 0. The molecule has 0 saturated carbocycles. The third-order valence-electron chi connectivity index (χ3n) is 5.04. The van der Waals surface area contributed by atoms with Gasteiger partial charge in [0, 0.05) is 0 Å². The number of rotatable bonds is 14.